The van der Waals surface area contributed by atoms with Crippen LogP contribution >= 0.6 is 15.9 Å². The number of benzene rings is 3. The minimum atomic E-state index is -0.332. The van der Waals surface area contributed by atoms with Crippen molar-refractivity contribution in [1.29, 1.82) is 10.5 Å². The van der Waals surface area contributed by atoms with E-state index in [1.165, 1.54) is 12.1 Å². The molecule has 0 aliphatic rings. The Bertz CT molecular complexity index is 989. The molecular formula is C22H15BrF2N2. The fourth-order valence-corrected chi connectivity index (χ4v) is 2.67. The molecule has 0 bridgehead atoms. The van der Waals surface area contributed by atoms with Gasteiger partial charge in [0.2, 0.25) is 0 Å². The second-order valence-corrected chi connectivity index (χ2v) is 6.49. The van der Waals surface area contributed by atoms with Crippen molar-refractivity contribution in [3.05, 3.63) is 94.0 Å². The molecule has 0 spiro atoms. The summed E-state index contributed by atoms with van der Waals surface area (Å²) in [4.78, 5) is 0. The molecule has 2 nitrogen and oxygen atoms in total. The second kappa shape index (κ2) is 10.2. The zero-order chi connectivity index (χ0) is 19.6. The van der Waals surface area contributed by atoms with Gasteiger partial charge in [0.15, 0.2) is 0 Å². The van der Waals surface area contributed by atoms with Gasteiger partial charge in [0.1, 0.15) is 11.6 Å². The highest BCUT2D eigenvalue weighted by Crippen LogP contribution is 2.21. The Hall–Kier alpha value is -3.02. The summed E-state index contributed by atoms with van der Waals surface area (Å²) in [5.74, 6) is -0.649. The number of nitriles is 2. The van der Waals surface area contributed by atoms with Crippen molar-refractivity contribution in [2.75, 3.05) is 0 Å². The molecule has 0 aliphatic heterocycles. The number of rotatable bonds is 3. The maximum Gasteiger partial charge on any atom is 0.128 e. The number of halogens is 3. The van der Waals surface area contributed by atoms with Crippen molar-refractivity contribution in [2.24, 2.45) is 0 Å². The van der Waals surface area contributed by atoms with Crippen LogP contribution in [-0.4, -0.2) is 0 Å². The third-order valence-electron chi connectivity index (χ3n) is 3.71. The highest BCUT2D eigenvalue weighted by molar-refractivity contribution is 9.10. The summed E-state index contributed by atoms with van der Waals surface area (Å²) in [7, 11) is 0. The van der Waals surface area contributed by atoms with Crippen molar-refractivity contribution in [2.45, 2.75) is 12.8 Å². The van der Waals surface area contributed by atoms with E-state index in [0.717, 1.165) is 11.1 Å². The van der Waals surface area contributed by atoms with E-state index in [-0.39, 0.29) is 24.5 Å². The first kappa shape index (κ1) is 20.3. The maximum absolute atomic E-state index is 13.6. The van der Waals surface area contributed by atoms with Gasteiger partial charge in [0.05, 0.1) is 25.0 Å². The topological polar surface area (TPSA) is 47.6 Å². The van der Waals surface area contributed by atoms with Crippen molar-refractivity contribution >= 4 is 15.9 Å². The van der Waals surface area contributed by atoms with Crippen LogP contribution < -0.4 is 0 Å². The van der Waals surface area contributed by atoms with Crippen LogP contribution in [0.2, 0.25) is 0 Å². The van der Waals surface area contributed by atoms with Crippen molar-refractivity contribution in [1.82, 2.24) is 0 Å². The van der Waals surface area contributed by atoms with E-state index in [1.807, 2.05) is 48.5 Å². The van der Waals surface area contributed by atoms with E-state index in [9.17, 15) is 8.78 Å². The minimum absolute atomic E-state index is 0.112. The van der Waals surface area contributed by atoms with E-state index in [0.29, 0.717) is 15.6 Å². The van der Waals surface area contributed by atoms with Crippen LogP contribution in [0.5, 0.6) is 0 Å². The molecule has 0 saturated carbocycles. The summed E-state index contributed by atoms with van der Waals surface area (Å²) < 4.78 is 27.1. The molecule has 134 valence electrons. The van der Waals surface area contributed by atoms with Gasteiger partial charge in [-0.25, -0.2) is 8.78 Å². The molecule has 3 aromatic rings. The van der Waals surface area contributed by atoms with Gasteiger partial charge in [0, 0.05) is 15.6 Å². The third-order valence-corrected chi connectivity index (χ3v) is 4.21. The van der Waals surface area contributed by atoms with Crippen LogP contribution in [-0.2, 0) is 12.8 Å². The summed E-state index contributed by atoms with van der Waals surface area (Å²) in [6, 6.07) is 23.1. The normalized spacial score (nSPS) is 9.52. The average Bonchev–Trinajstić information content (AvgIpc) is 2.67. The quantitative estimate of drug-likeness (QED) is 0.501. The molecule has 0 fully saturated rings. The van der Waals surface area contributed by atoms with Gasteiger partial charge >= 0.3 is 0 Å². The summed E-state index contributed by atoms with van der Waals surface area (Å²) in [6.45, 7) is 0. The summed E-state index contributed by atoms with van der Waals surface area (Å²) in [6.07, 6.45) is 0.236. The summed E-state index contributed by atoms with van der Waals surface area (Å²) >= 11 is 3.12. The van der Waals surface area contributed by atoms with E-state index in [4.69, 9.17) is 10.5 Å². The zero-order valence-electron chi connectivity index (χ0n) is 14.3. The molecule has 0 heterocycles. The predicted octanol–water partition coefficient (Wildman–Crippen LogP) is 6.21. The number of hydrogen-bond acceptors (Lipinski definition) is 2. The largest absolute Gasteiger partial charge is 0.207 e. The van der Waals surface area contributed by atoms with Gasteiger partial charge < -0.3 is 0 Å². The van der Waals surface area contributed by atoms with Crippen LogP contribution in [0.3, 0.4) is 0 Å². The highest BCUT2D eigenvalue weighted by Gasteiger charge is 2.04. The third kappa shape index (κ3) is 6.02. The lowest BCUT2D eigenvalue weighted by atomic mass is 10.0. The molecule has 3 rings (SSSR count). The monoisotopic (exact) mass is 424 g/mol. The summed E-state index contributed by atoms with van der Waals surface area (Å²) in [5, 5.41) is 16.8. The second-order valence-electron chi connectivity index (χ2n) is 5.58. The Morgan fingerprint density at radius 1 is 0.704 bits per heavy atom. The zero-order valence-corrected chi connectivity index (χ0v) is 15.9. The van der Waals surface area contributed by atoms with Crippen LogP contribution in [0.25, 0.3) is 11.1 Å². The molecule has 3 aromatic carbocycles. The molecule has 0 amide bonds. The lowest BCUT2D eigenvalue weighted by Gasteiger charge is -2.03. The number of nitrogens with zero attached hydrogens (tertiary/aromatic N) is 2. The van der Waals surface area contributed by atoms with Crippen molar-refractivity contribution < 1.29 is 8.78 Å². The van der Waals surface area contributed by atoms with Gasteiger partial charge in [-0.15, -0.1) is 0 Å². The first-order chi connectivity index (χ1) is 13.0. The van der Waals surface area contributed by atoms with Crippen LogP contribution in [0.4, 0.5) is 8.78 Å². The highest BCUT2D eigenvalue weighted by atomic mass is 79.9. The smallest absolute Gasteiger partial charge is 0.128 e. The van der Waals surface area contributed by atoms with Crippen molar-refractivity contribution in [3.8, 4) is 23.3 Å². The minimum Gasteiger partial charge on any atom is -0.207 e. The van der Waals surface area contributed by atoms with Crippen LogP contribution in [0.15, 0.2) is 71.2 Å². The van der Waals surface area contributed by atoms with Gasteiger partial charge in [0.25, 0.3) is 0 Å². The Balaban J connectivity index is 0.000000208. The standard InChI is InChI=1S/C14H10FN.C8H5BrFN/c15-14-10-13(7-6-12(14)8-9-16)11-4-2-1-3-5-11;9-7-2-1-6(3-4-11)8(10)5-7/h1-7,10H,8H2;1-2,5H,3H2. The van der Waals surface area contributed by atoms with E-state index >= 15 is 0 Å². The maximum atomic E-state index is 13.6. The molecule has 0 aliphatic carbocycles. The van der Waals surface area contributed by atoms with Gasteiger partial charge in [-0.05, 0) is 29.3 Å². The average molecular weight is 425 g/mol. The van der Waals surface area contributed by atoms with E-state index in [2.05, 4.69) is 15.9 Å². The van der Waals surface area contributed by atoms with Gasteiger partial charge in [-0.3, -0.25) is 0 Å². The number of hydrogen-bond donors (Lipinski definition) is 0. The van der Waals surface area contributed by atoms with Crippen LogP contribution in [0.1, 0.15) is 11.1 Å². The molecular weight excluding hydrogens is 410 g/mol. The molecule has 5 heteroatoms. The molecule has 0 saturated heterocycles. The lowest BCUT2D eigenvalue weighted by molar-refractivity contribution is 0.614. The fraction of sp³-hybridized carbons (Fsp3) is 0.0909. The van der Waals surface area contributed by atoms with E-state index in [1.54, 1.807) is 18.2 Å². The first-order valence-electron chi connectivity index (χ1n) is 8.07. The summed E-state index contributed by atoms with van der Waals surface area (Å²) in [5.41, 5.74) is 2.70. The Labute approximate surface area is 165 Å². The molecule has 0 N–H and O–H groups in total. The van der Waals surface area contributed by atoms with Gasteiger partial charge in [-0.1, -0.05) is 64.5 Å². The Morgan fingerprint density at radius 3 is 1.78 bits per heavy atom. The first-order valence-corrected chi connectivity index (χ1v) is 8.86. The Kier molecular flexibility index (Phi) is 7.67. The van der Waals surface area contributed by atoms with Crippen LogP contribution in [0, 0.1) is 34.3 Å². The van der Waals surface area contributed by atoms with Gasteiger partial charge in [-0.2, -0.15) is 10.5 Å². The van der Waals surface area contributed by atoms with E-state index < -0.39 is 0 Å². The lowest BCUT2D eigenvalue weighted by Crippen LogP contribution is -1.89. The SMILES string of the molecule is N#CCc1ccc(-c2ccccc2)cc1F.N#CCc1ccc(Br)cc1F. The molecule has 27 heavy (non-hydrogen) atoms. The Morgan fingerprint density at radius 2 is 1.26 bits per heavy atom. The predicted molar refractivity (Wildman–Crippen MR) is 105 cm³/mol. The molecule has 0 radical (unpaired) electrons. The molecule has 0 atom stereocenters. The molecule has 0 unspecified atom stereocenters. The fourth-order valence-electron chi connectivity index (χ4n) is 2.34. The molecule has 0 aromatic heterocycles. The van der Waals surface area contributed by atoms with Crippen molar-refractivity contribution in [3.63, 3.8) is 0 Å².